The SMILES string of the molecule is C[C@H](NS(=O)(=O)c1ccc(OCC(=O)NC(C)(C)C)cc1)c1ccccc1. The van der Waals surface area contributed by atoms with E-state index in [1.165, 1.54) is 24.3 Å². The quantitative estimate of drug-likeness (QED) is 0.761. The Balaban J connectivity index is 1.98. The monoisotopic (exact) mass is 390 g/mol. The Morgan fingerprint density at radius 2 is 1.63 bits per heavy atom. The van der Waals surface area contributed by atoms with Gasteiger partial charge in [0, 0.05) is 11.6 Å². The molecule has 0 aliphatic rings. The third kappa shape index (κ3) is 6.69. The van der Waals surface area contributed by atoms with E-state index in [0.29, 0.717) is 5.75 Å². The molecule has 7 heteroatoms. The highest BCUT2D eigenvalue weighted by Crippen LogP contribution is 2.19. The van der Waals surface area contributed by atoms with E-state index >= 15 is 0 Å². The lowest BCUT2D eigenvalue weighted by Crippen LogP contribution is -2.43. The van der Waals surface area contributed by atoms with Crippen LogP contribution in [0.4, 0.5) is 0 Å². The predicted octanol–water partition coefficient (Wildman–Crippen LogP) is 3.02. The normalized spacial score (nSPS) is 13.0. The van der Waals surface area contributed by atoms with Crippen LogP contribution in [-0.4, -0.2) is 26.5 Å². The summed E-state index contributed by atoms with van der Waals surface area (Å²) in [5.41, 5.74) is 0.547. The topological polar surface area (TPSA) is 84.5 Å². The van der Waals surface area contributed by atoms with Crippen molar-refractivity contribution in [2.75, 3.05) is 6.61 Å². The second-order valence-corrected chi connectivity index (χ2v) is 9.03. The Bertz CT molecular complexity index is 857. The highest BCUT2D eigenvalue weighted by molar-refractivity contribution is 7.89. The number of hydrogen-bond acceptors (Lipinski definition) is 4. The van der Waals surface area contributed by atoms with Crippen molar-refractivity contribution in [2.45, 2.75) is 44.2 Å². The maximum absolute atomic E-state index is 12.5. The first-order valence-electron chi connectivity index (χ1n) is 8.68. The number of amides is 1. The van der Waals surface area contributed by atoms with Crippen LogP contribution in [0.2, 0.25) is 0 Å². The Morgan fingerprint density at radius 3 is 2.19 bits per heavy atom. The maximum Gasteiger partial charge on any atom is 0.258 e. The number of sulfonamides is 1. The highest BCUT2D eigenvalue weighted by Gasteiger charge is 2.18. The number of rotatable bonds is 7. The molecule has 0 aromatic heterocycles. The van der Waals surface area contributed by atoms with Gasteiger partial charge in [-0.25, -0.2) is 13.1 Å². The lowest BCUT2D eigenvalue weighted by molar-refractivity contribution is -0.124. The molecule has 2 aromatic carbocycles. The van der Waals surface area contributed by atoms with Crippen molar-refractivity contribution >= 4 is 15.9 Å². The second-order valence-electron chi connectivity index (χ2n) is 7.31. The van der Waals surface area contributed by atoms with Crippen LogP contribution >= 0.6 is 0 Å². The Hall–Kier alpha value is -2.38. The van der Waals surface area contributed by atoms with Crippen LogP contribution in [0.25, 0.3) is 0 Å². The predicted molar refractivity (Wildman–Crippen MR) is 105 cm³/mol. The Morgan fingerprint density at radius 1 is 1.04 bits per heavy atom. The van der Waals surface area contributed by atoms with Crippen molar-refractivity contribution < 1.29 is 17.9 Å². The van der Waals surface area contributed by atoms with Gasteiger partial charge < -0.3 is 10.1 Å². The van der Waals surface area contributed by atoms with Crippen LogP contribution in [-0.2, 0) is 14.8 Å². The fourth-order valence-corrected chi connectivity index (χ4v) is 3.66. The van der Waals surface area contributed by atoms with Gasteiger partial charge in [0.05, 0.1) is 4.90 Å². The second kappa shape index (κ2) is 8.54. The molecule has 27 heavy (non-hydrogen) atoms. The van der Waals surface area contributed by atoms with Gasteiger partial charge in [0.15, 0.2) is 6.61 Å². The van der Waals surface area contributed by atoms with E-state index in [4.69, 9.17) is 4.74 Å². The summed E-state index contributed by atoms with van der Waals surface area (Å²) in [6.07, 6.45) is 0. The summed E-state index contributed by atoms with van der Waals surface area (Å²) < 4.78 is 33.1. The van der Waals surface area contributed by atoms with Gasteiger partial charge in [-0.1, -0.05) is 30.3 Å². The number of ether oxygens (including phenoxy) is 1. The average molecular weight is 391 g/mol. The summed E-state index contributed by atoms with van der Waals surface area (Å²) in [6.45, 7) is 7.31. The molecule has 0 fully saturated rings. The summed E-state index contributed by atoms with van der Waals surface area (Å²) >= 11 is 0. The molecule has 0 radical (unpaired) electrons. The minimum absolute atomic E-state index is 0.132. The van der Waals surface area contributed by atoms with Crippen molar-refractivity contribution in [3.8, 4) is 5.75 Å². The molecule has 0 spiro atoms. The van der Waals surface area contributed by atoms with Gasteiger partial charge in [-0.05, 0) is 57.5 Å². The van der Waals surface area contributed by atoms with Crippen LogP contribution in [0.3, 0.4) is 0 Å². The van der Waals surface area contributed by atoms with Gasteiger partial charge in [-0.3, -0.25) is 4.79 Å². The molecule has 0 bridgehead atoms. The van der Waals surface area contributed by atoms with Gasteiger partial charge in [0.2, 0.25) is 10.0 Å². The third-order valence-corrected chi connectivity index (χ3v) is 5.21. The van der Waals surface area contributed by atoms with E-state index in [1.807, 2.05) is 51.1 Å². The first-order valence-corrected chi connectivity index (χ1v) is 10.2. The number of carbonyl (C=O) groups excluding carboxylic acids is 1. The summed E-state index contributed by atoms with van der Waals surface area (Å²) in [5, 5.41) is 2.79. The average Bonchev–Trinajstić information content (AvgIpc) is 2.59. The van der Waals surface area contributed by atoms with E-state index in [1.54, 1.807) is 6.92 Å². The molecule has 0 aliphatic heterocycles. The van der Waals surface area contributed by atoms with Gasteiger partial charge in [-0.2, -0.15) is 0 Å². The lowest BCUT2D eigenvalue weighted by Gasteiger charge is -2.20. The minimum atomic E-state index is -3.66. The number of nitrogens with one attached hydrogen (secondary N) is 2. The third-order valence-electron chi connectivity index (χ3n) is 3.65. The zero-order chi connectivity index (χ0) is 20.1. The molecule has 6 nitrogen and oxygen atoms in total. The summed E-state index contributed by atoms with van der Waals surface area (Å²) in [5.74, 6) is 0.187. The molecule has 2 rings (SSSR count). The van der Waals surface area contributed by atoms with Crippen LogP contribution in [0, 0.1) is 0 Å². The lowest BCUT2D eigenvalue weighted by atomic mass is 10.1. The molecule has 0 saturated carbocycles. The van der Waals surface area contributed by atoms with Crippen LogP contribution in [0.1, 0.15) is 39.3 Å². The van der Waals surface area contributed by atoms with E-state index in [0.717, 1.165) is 5.56 Å². The van der Waals surface area contributed by atoms with Gasteiger partial charge >= 0.3 is 0 Å². The minimum Gasteiger partial charge on any atom is -0.484 e. The smallest absolute Gasteiger partial charge is 0.258 e. The largest absolute Gasteiger partial charge is 0.484 e. The summed E-state index contributed by atoms with van der Waals surface area (Å²) in [7, 11) is -3.66. The van der Waals surface area contributed by atoms with Crippen LogP contribution in [0.5, 0.6) is 5.75 Å². The van der Waals surface area contributed by atoms with E-state index in [-0.39, 0.29) is 29.0 Å². The first kappa shape index (κ1) is 20.9. The molecule has 1 atom stereocenters. The number of hydrogen-bond donors (Lipinski definition) is 2. The molecule has 0 unspecified atom stereocenters. The van der Waals surface area contributed by atoms with E-state index < -0.39 is 10.0 Å². The molecule has 0 saturated heterocycles. The first-order chi connectivity index (χ1) is 12.6. The van der Waals surface area contributed by atoms with Gasteiger partial charge in [0.25, 0.3) is 5.91 Å². The van der Waals surface area contributed by atoms with Crippen molar-refractivity contribution in [1.29, 1.82) is 0 Å². The highest BCUT2D eigenvalue weighted by atomic mass is 32.2. The molecule has 0 heterocycles. The van der Waals surface area contributed by atoms with Crippen molar-refractivity contribution in [1.82, 2.24) is 10.0 Å². The fourth-order valence-electron chi connectivity index (χ4n) is 2.43. The maximum atomic E-state index is 12.5. The van der Waals surface area contributed by atoms with Crippen LogP contribution < -0.4 is 14.8 Å². The fraction of sp³-hybridized carbons (Fsp3) is 0.350. The molecule has 0 aliphatic carbocycles. The molecule has 2 N–H and O–H groups in total. The van der Waals surface area contributed by atoms with Gasteiger partial charge in [0.1, 0.15) is 5.75 Å². The molecular formula is C20H26N2O4S. The number of benzene rings is 2. The summed E-state index contributed by atoms with van der Waals surface area (Å²) in [4.78, 5) is 11.9. The standard InChI is InChI=1S/C20H26N2O4S/c1-15(16-8-6-5-7-9-16)22-27(24,25)18-12-10-17(11-13-18)26-14-19(23)21-20(2,3)4/h5-13,15,22H,14H2,1-4H3,(H,21,23)/t15-/m0/s1. The van der Waals surface area contributed by atoms with Crippen LogP contribution in [0.15, 0.2) is 59.5 Å². The molecule has 2 aromatic rings. The Kier molecular flexibility index (Phi) is 6.62. The molecule has 146 valence electrons. The Labute approximate surface area is 161 Å². The van der Waals surface area contributed by atoms with E-state index in [9.17, 15) is 13.2 Å². The zero-order valence-corrected chi connectivity index (χ0v) is 16.8. The van der Waals surface area contributed by atoms with E-state index in [2.05, 4.69) is 10.0 Å². The zero-order valence-electron chi connectivity index (χ0n) is 16.0. The summed E-state index contributed by atoms with van der Waals surface area (Å²) in [6, 6.07) is 15.0. The van der Waals surface area contributed by atoms with Gasteiger partial charge in [-0.15, -0.1) is 0 Å². The molecule has 1 amide bonds. The molecular weight excluding hydrogens is 364 g/mol. The van der Waals surface area contributed by atoms with Crippen molar-refractivity contribution in [3.05, 3.63) is 60.2 Å². The van der Waals surface area contributed by atoms with Crippen molar-refractivity contribution in [3.63, 3.8) is 0 Å². The number of carbonyl (C=O) groups is 1. The van der Waals surface area contributed by atoms with Crippen molar-refractivity contribution in [2.24, 2.45) is 0 Å².